The van der Waals surface area contributed by atoms with Crippen molar-refractivity contribution in [1.82, 2.24) is 4.98 Å². The highest BCUT2D eigenvalue weighted by atomic mass is 16.4. The number of nitrogens with zero attached hydrogens (tertiary/aromatic N) is 1. The zero-order valence-corrected chi connectivity index (χ0v) is 6.97. The molecule has 1 rings (SSSR count). The van der Waals surface area contributed by atoms with Gasteiger partial charge >= 0.3 is 5.97 Å². The predicted molar refractivity (Wildman–Crippen MR) is 47.8 cm³/mol. The zero-order valence-electron chi connectivity index (χ0n) is 6.97. The molecule has 13 heavy (non-hydrogen) atoms. The number of anilines is 1. The van der Waals surface area contributed by atoms with Gasteiger partial charge < -0.3 is 16.6 Å². The maximum Gasteiger partial charge on any atom is 0.305 e. The first-order valence-corrected chi connectivity index (χ1v) is 3.77. The lowest BCUT2D eigenvalue weighted by Gasteiger charge is -2.08. The lowest BCUT2D eigenvalue weighted by atomic mass is 10.1. The average Bonchev–Trinajstić information content (AvgIpc) is 2.03. The van der Waals surface area contributed by atoms with Gasteiger partial charge in [0.15, 0.2) is 0 Å². The Morgan fingerprint density at radius 3 is 2.85 bits per heavy atom. The van der Waals surface area contributed by atoms with Crippen LogP contribution in [-0.2, 0) is 4.79 Å². The summed E-state index contributed by atoms with van der Waals surface area (Å²) in [7, 11) is 0. The van der Waals surface area contributed by atoms with Crippen molar-refractivity contribution in [3.63, 3.8) is 0 Å². The number of hydrogen-bond acceptors (Lipinski definition) is 4. The van der Waals surface area contributed by atoms with Gasteiger partial charge in [-0.15, -0.1) is 0 Å². The lowest BCUT2D eigenvalue weighted by Crippen LogP contribution is -2.15. The van der Waals surface area contributed by atoms with Crippen LogP contribution in [0.25, 0.3) is 0 Å². The number of carbonyl (C=O) groups is 1. The van der Waals surface area contributed by atoms with E-state index in [2.05, 4.69) is 4.98 Å². The van der Waals surface area contributed by atoms with Gasteiger partial charge in [0.25, 0.3) is 0 Å². The molecular formula is C8H11N3O2. The minimum absolute atomic E-state index is 0.120. The summed E-state index contributed by atoms with van der Waals surface area (Å²) in [6.07, 6.45) is 2.88. The summed E-state index contributed by atoms with van der Waals surface area (Å²) >= 11 is 0. The second-order valence-electron chi connectivity index (χ2n) is 2.76. The van der Waals surface area contributed by atoms with Crippen molar-refractivity contribution in [3.05, 3.63) is 24.0 Å². The number of nitrogens with two attached hydrogens (primary N) is 2. The third-order valence-electron chi connectivity index (χ3n) is 1.60. The molecule has 0 radical (unpaired) electrons. The molecule has 70 valence electrons. The van der Waals surface area contributed by atoms with Crippen molar-refractivity contribution in [2.45, 2.75) is 12.5 Å². The molecule has 1 heterocycles. The lowest BCUT2D eigenvalue weighted by molar-refractivity contribution is -0.137. The normalized spacial score (nSPS) is 12.4. The molecule has 0 bridgehead atoms. The third kappa shape index (κ3) is 2.72. The van der Waals surface area contributed by atoms with Gasteiger partial charge in [0.2, 0.25) is 0 Å². The Labute approximate surface area is 75.4 Å². The van der Waals surface area contributed by atoms with Crippen molar-refractivity contribution in [2.24, 2.45) is 5.73 Å². The Bertz CT molecular complexity index is 314. The second-order valence-corrected chi connectivity index (χ2v) is 2.76. The molecule has 0 aliphatic carbocycles. The van der Waals surface area contributed by atoms with Crippen LogP contribution in [0.5, 0.6) is 0 Å². The Kier molecular flexibility index (Phi) is 2.81. The fourth-order valence-electron chi connectivity index (χ4n) is 0.985. The van der Waals surface area contributed by atoms with Gasteiger partial charge in [-0.25, -0.2) is 0 Å². The van der Waals surface area contributed by atoms with Crippen LogP contribution in [0.15, 0.2) is 18.5 Å². The standard InChI is InChI=1S/C8H11N3O2/c9-6-1-5(3-11-4-6)7(10)2-8(12)13/h1,3-4,7H,2,9-10H2,(H,12,13)/t7-/m1/s1. The topological polar surface area (TPSA) is 102 Å². The van der Waals surface area contributed by atoms with Crippen LogP contribution in [0.3, 0.4) is 0 Å². The van der Waals surface area contributed by atoms with Crippen molar-refractivity contribution in [3.8, 4) is 0 Å². The van der Waals surface area contributed by atoms with Crippen LogP contribution in [0, 0.1) is 0 Å². The number of rotatable bonds is 3. The van der Waals surface area contributed by atoms with Crippen LogP contribution >= 0.6 is 0 Å². The molecule has 5 nitrogen and oxygen atoms in total. The first-order chi connectivity index (χ1) is 6.09. The predicted octanol–water partition coefficient (Wildman–Crippen LogP) is 0.138. The van der Waals surface area contributed by atoms with E-state index in [0.717, 1.165) is 0 Å². The molecular weight excluding hydrogens is 170 g/mol. The number of pyridine rings is 1. The van der Waals surface area contributed by atoms with Gasteiger partial charge in [-0.05, 0) is 11.6 Å². The van der Waals surface area contributed by atoms with E-state index in [1.54, 1.807) is 6.07 Å². The molecule has 0 aliphatic rings. The number of nitrogen functional groups attached to an aromatic ring is 1. The molecule has 0 saturated heterocycles. The van der Waals surface area contributed by atoms with Crippen LogP contribution in [0.2, 0.25) is 0 Å². The molecule has 0 aliphatic heterocycles. The first-order valence-electron chi connectivity index (χ1n) is 3.77. The van der Waals surface area contributed by atoms with Crippen LogP contribution in [-0.4, -0.2) is 16.1 Å². The molecule has 0 amide bonds. The van der Waals surface area contributed by atoms with Crippen LogP contribution in [0.1, 0.15) is 18.0 Å². The second kappa shape index (κ2) is 3.86. The molecule has 0 aromatic carbocycles. The number of aliphatic carboxylic acids is 1. The molecule has 0 saturated carbocycles. The number of aromatic nitrogens is 1. The monoisotopic (exact) mass is 181 g/mol. The fourth-order valence-corrected chi connectivity index (χ4v) is 0.985. The quantitative estimate of drug-likeness (QED) is 0.615. The van der Waals surface area contributed by atoms with Crippen LogP contribution < -0.4 is 11.5 Å². The Hall–Kier alpha value is -1.62. The largest absolute Gasteiger partial charge is 0.481 e. The maximum atomic E-state index is 10.3. The first kappa shape index (κ1) is 9.47. The molecule has 5 heteroatoms. The highest BCUT2D eigenvalue weighted by Gasteiger charge is 2.10. The van der Waals surface area contributed by atoms with Gasteiger partial charge in [-0.3, -0.25) is 9.78 Å². The fraction of sp³-hybridized carbons (Fsp3) is 0.250. The number of carboxylic acids is 1. The van der Waals surface area contributed by atoms with E-state index in [0.29, 0.717) is 11.3 Å². The summed E-state index contributed by atoms with van der Waals surface area (Å²) in [5.74, 6) is -0.935. The molecule has 5 N–H and O–H groups in total. The Morgan fingerprint density at radius 1 is 1.62 bits per heavy atom. The summed E-state index contributed by atoms with van der Waals surface area (Å²) in [5.41, 5.74) is 12.2. The highest BCUT2D eigenvalue weighted by Crippen LogP contribution is 2.14. The molecule has 0 fully saturated rings. The van der Waals surface area contributed by atoms with Gasteiger partial charge in [0.1, 0.15) is 0 Å². The molecule has 0 spiro atoms. The third-order valence-corrected chi connectivity index (χ3v) is 1.60. The molecule has 1 aromatic heterocycles. The van der Waals surface area contributed by atoms with Crippen molar-refractivity contribution in [1.29, 1.82) is 0 Å². The molecule has 1 atom stereocenters. The summed E-state index contributed by atoms with van der Waals surface area (Å²) in [5, 5.41) is 8.48. The molecule has 1 aromatic rings. The van der Waals surface area contributed by atoms with E-state index < -0.39 is 12.0 Å². The number of hydrogen-bond donors (Lipinski definition) is 3. The van der Waals surface area contributed by atoms with Gasteiger partial charge in [-0.1, -0.05) is 0 Å². The Morgan fingerprint density at radius 2 is 2.31 bits per heavy atom. The van der Waals surface area contributed by atoms with Gasteiger partial charge in [-0.2, -0.15) is 0 Å². The van der Waals surface area contributed by atoms with Crippen molar-refractivity contribution < 1.29 is 9.90 Å². The van der Waals surface area contributed by atoms with E-state index in [-0.39, 0.29) is 6.42 Å². The highest BCUT2D eigenvalue weighted by molar-refractivity contribution is 5.67. The van der Waals surface area contributed by atoms with Gasteiger partial charge in [0, 0.05) is 18.4 Å². The minimum atomic E-state index is -0.935. The van der Waals surface area contributed by atoms with E-state index in [4.69, 9.17) is 16.6 Å². The molecule has 0 unspecified atom stereocenters. The van der Waals surface area contributed by atoms with Crippen molar-refractivity contribution in [2.75, 3.05) is 5.73 Å². The average molecular weight is 181 g/mol. The van der Waals surface area contributed by atoms with E-state index in [1.807, 2.05) is 0 Å². The zero-order chi connectivity index (χ0) is 9.84. The van der Waals surface area contributed by atoms with E-state index in [9.17, 15) is 4.79 Å². The van der Waals surface area contributed by atoms with Crippen LogP contribution in [0.4, 0.5) is 5.69 Å². The maximum absolute atomic E-state index is 10.3. The summed E-state index contributed by atoms with van der Waals surface area (Å²) in [4.78, 5) is 14.2. The SMILES string of the molecule is Nc1cncc([C@H](N)CC(=O)O)c1. The minimum Gasteiger partial charge on any atom is -0.481 e. The smallest absolute Gasteiger partial charge is 0.305 e. The van der Waals surface area contributed by atoms with Gasteiger partial charge in [0.05, 0.1) is 12.1 Å². The summed E-state index contributed by atoms with van der Waals surface area (Å²) in [6.45, 7) is 0. The summed E-state index contributed by atoms with van der Waals surface area (Å²) < 4.78 is 0. The number of carboxylic acid groups (broad SMARTS) is 1. The Balaban J connectivity index is 2.76. The summed E-state index contributed by atoms with van der Waals surface area (Å²) in [6, 6.07) is 1.08. The van der Waals surface area contributed by atoms with E-state index >= 15 is 0 Å². The van der Waals surface area contributed by atoms with Crippen molar-refractivity contribution >= 4 is 11.7 Å². The van der Waals surface area contributed by atoms with E-state index in [1.165, 1.54) is 12.4 Å².